The SMILES string of the molecule is O=C(CCCNC(=O)C(O)c1cc(Cl)cc(Cl)c1)NC1CC1. The minimum atomic E-state index is -1.34. The summed E-state index contributed by atoms with van der Waals surface area (Å²) in [7, 11) is 0. The Kier molecular flexibility index (Phi) is 6.06. The number of amides is 2. The topological polar surface area (TPSA) is 78.4 Å². The van der Waals surface area contributed by atoms with Gasteiger partial charge in [-0.3, -0.25) is 9.59 Å². The quantitative estimate of drug-likeness (QED) is 0.663. The third kappa shape index (κ3) is 5.48. The molecule has 1 aromatic rings. The van der Waals surface area contributed by atoms with E-state index in [0.29, 0.717) is 41.0 Å². The van der Waals surface area contributed by atoms with Crippen LogP contribution in [0, 0.1) is 0 Å². The monoisotopic (exact) mass is 344 g/mol. The number of rotatable bonds is 7. The summed E-state index contributed by atoms with van der Waals surface area (Å²) >= 11 is 11.7. The first kappa shape index (κ1) is 17.1. The van der Waals surface area contributed by atoms with Crippen molar-refractivity contribution in [2.45, 2.75) is 37.8 Å². The number of carbonyl (C=O) groups is 2. The number of hydrogen-bond donors (Lipinski definition) is 3. The van der Waals surface area contributed by atoms with E-state index in [-0.39, 0.29) is 5.91 Å². The molecule has 1 aliphatic rings. The van der Waals surface area contributed by atoms with E-state index < -0.39 is 12.0 Å². The van der Waals surface area contributed by atoms with Gasteiger partial charge in [0.1, 0.15) is 0 Å². The molecule has 0 aromatic heterocycles. The van der Waals surface area contributed by atoms with Crippen LogP contribution in [0.5, 0.6) is 0 Å². The largest absolute Gasteiger partial charge is 0.378 e. The average molecular weight is 345 g/mol. The third-order valence-electron chi connectivity index (χ3n) is 3.27. The summed E-state index contributed by atoms with van der Waals surface area (Å²) in [5.74, 6) is -0.542. The van der Waals surface area contributed by atoms with E-state index in [4.69, 9.17) is 23.2 Å². The molecule has 0 radical (unpaired) electrons. The molecule has 0 heterocycles. The lowest BCUT2D eigenvalue weighted by atomic mass is 10.1. The zero-order valence-corrected chi connectivity index (χ0v) is 13.5. The van der Waals surface area contributed by atoms with E-state index in [1.54, 1.807) is 0 Å². The maximum atomic E-state index is 11.9. The van der Waals surface area contributed by atoms with Gasteiger partial charge >= 0.3 is 0 Å². The molecule has 5 nitrogen and oxygen atoms in total. The van der Waals surface area contributed by atoms with Gasteiger partial charge in [-0.05, 0) is 43.0 Å². The normalized spacial score (nSPS) is 15.2. The standard InChI is InChI=1S/C15H18Cl2N2O3/c16-10-6-9(7-11(17)8-10)14(21)15(22)18-5-1-2-13(20)19-12-3-4-12/h6-8,12,14,21H,1-5H2,(H,18,22)(H,19,20). The van der Waals surface area contributed by atoms with Crippen LogP contribution in [0.25, 0.3) is 0 Å². The minimum Gasteiger partial charge on any atom is -0.378 e. The van der Waals surface area contributed by atoms with Crippen molar-refractivity contribution in [2.24, 2.45) is 0 Å². The van der Waals surface area contributed by atoms with Gasteiger partial charge in [0.05, 0.1) is 0 Å². The van der Waals surface area contributed by atoms with Gasteiger partial charge in [-0.1, -0.05) is 23.2 Å². The second-order valence-corrected chi connectivity index (χ2v) is 6.21. The molecule has 22 heavy (non-hydrogen) atoms. The highest BCUT2D eigenvalue weighted by Crippen LogP contribution is 2.23. The third-order valence-corrected chi connectivity index (χ3v) is 3.71. The lowest BCUT2D eigenvalue weighted by Crippen LogP contribution is -2.31. The van der Waals surface area contributed by atoms with Gasteiger partial charge in [-0.25, -0.2) is 0 Å². The summed E-state index contributed by atoms with van der Waals surface area (Å²) < 4.78 is 0. The smallest absolute Gasteiger partial charge is 0.253 e. The minimum absolute atomic E-state index is 0.001000. The molecule has 2 amide bonds. The highest BCUT2D eigenvalue weighted by atomic mass is 35.5. The molecule has 0 spiro atoms. The van der Waals surface area contributed by atoms with Crippen LogP contribution in [0.15, 0.2) is 18.2 Å². The van der Waals surface area contributed by atoms with Gasteiger partial charge < -0.3 is 15.7 Å². The van der Waals surface area contributed by atoms with Crippen LogP contribution >= 0.6 is 23.2 Å². The highest BCUT2D eigenvalue weighted by Gasteiger charge is 2.23. The van der Waals surface area contributed by atoms with Crippen LogP contribution in [0.4, 0.5) is 0 Å². The molecular formula is C15H18Cl2N2O3. The fraction of sp³-hybridized carbons (Fsp3) is 0.467. The van der Waals surface area contributed by atoms with E-state index in [1.165, 1.54) is 18.2 Å². The van der Waals surface area contributed by atoms with Crippen molar-refractivity contribution in [1.82, 2.24) is 10.6 Å². The number of hydrogen-bond acceptors (Lipinski definition) is 3. The first-order valence-electron chi connectivity index (χ1n) is 7.17. The van der Waals surface area contributed by atoms with E-state index in [9.17, 15) is 14.7 Å². The molecule has 1 aromatic carbocycles. The molecule has 1 atom stereocenters. The molecule has 3 N–H and O–H groups in total. The van der Waals surface area contributed by atoms with Crippen LogP contribution in [0.1, 0.15) is 37.4 Å². The number of aliphatic hydroxyl groups is 1. The number of nitrogens with one attached hydrogen (secondary N) is 2. The van der Waals surface area contributed by atoms with Gasteiger partial charge in [0.2, 0.25) is 5.91 Å². The first-order valence-corrected chi connectivity index (χ1v) is 7.92. The van der Waals surface area contributed by atoms with Crippen molar-refractivity contribution >= 4 is 35.0 Å². The Morgan fingerprint density at radius 1 is 1.23 bits per heavy atom. The zero-order valence-electron chi connectivity index (χ0n) is 11.9. The second-order valence-electron chi connectivity index (χ2n) is 5.34. The van der Waals surface area contributed by atoms with Crippen molar-refractivity contribution in [3.8, 4) is 0 Å². The van der Waals surface area contributed by atoms with Gasteiger partial charge in [0.25, 0.3) is 5.91 Å². The van der Waals surface area contributed by atoms with Crippen molar-refractivity contribution in [2.75, 3.05) is 6.54 Å². The Morgan fingerprint density at radius 3 is 2.45 bits per heavy atom. The molecule has 1 saturated carbocycles. The fourth-order valence-electron chi connectivity index (χ4n) is 1.97. The lowest BCUT2D eigenvalue weighted by molar-refractivity contribution is -0.130. The molecule has 0 aliphatic heterocycles. The van der Waals surface area contributed by atoms with Crippen LogP contribution in [0.2, 0.25) is 10.0 Å². The molecule has 1 unspecified atom stereocenters. The zero-order chi connectivity index (χ0) is 16.1. The van der Waals surface area contributed by atoms with Crippen molar-refractivity contribution in [1.29, 1.82) is 0 Å². The molecule has 1 aliphatic carbocycles. The van der Waals surface area contributed by atoms with E-state index in [1.807, 2.05) is 0 Å². The summed E-state index contributed by atoms with van der Waals surface area (Å²) in [6, 6.07) is 4.84. The van der Waals surface area contributed by atoms with Crippen LogP contribution < -0.4 is 10.6 Å². The summed E-state index contributed by atoms with van der Waals surface area (Å²) in [6.45, 7) is 0.322. The Morgan fingerprint density at radius 2 is 1.86 bits per heavy atom. The summed E-state index contributed by atoms with van der Waals surface area (Å²) in [5, 5.41) is 16.1. The Bertz CT molecular complexity index is 541. The number of benzene rings is 1. The molecule has 0 bridgehead atoms. The van der Waals surface area contributed by atoms with Gasteiger partial charge in [-0.15, -0.1) is 0 Å². The summed E-state index contributed by atoms with van der Waals surface area (Å²) in [5.41, 5.74) is 0.335. The molecule has 1 fully saturated rings. The highest BCUT2D eigenvalue weighted by molar-refractivity contribution is 6.34. The molecule has 7 heteroatoms. The van der Waals surface area contributed by atoms with E-state index >= 15 is 0 Å². The number of aliphatic hydroxyl groups excluding tert-OH is 1. The first-order chi connectivity index (χ1) is 10.5. The predicted molar refractivity (Wildman–Crippen MR) is 84.8 cm³/mol. The predicted octanol–water partition coefficient (Wildman–Crippen LogP) is 2.20. The number of halogens is 2. The average Bonchev–Trinajstić information content (AvgIpc) is 3.25. The van der Waals surface area contributed by atoms with Crippen LogP contribution in [-0.2, 0) is 9.59 Å². The number of carbonyl (C=O) groups excluding carboxylic acids is 2. The van der Waals surface area contributed by atoms with E-state index in [2.05, 4.69) is 10.6 Å². The van der Waals surface area contributed by atoms with Crippen LogP contribution in [-0.4, -0.2) is 29.5 Å². The van der Waals surface area contributed by atoms with Crippen LogP contribution in [0.3, 0.4) is 0 Å². The Balaban J connectivity index is 1.72. The Labute approximate surface area is 139 Å². The Hall–Kier alpha value is -1.30. The van der Waals surface area contributed by atoms with Crippen molar-refractivity contribution < 1.29 is 14.7 Å². The molecule has 0 saturated heterocycles. The van der Waals surface area contributed by atoms with E-state index in [0.717, 1.165) is 12.8 Å². The lowest BCUT2D eigenvalue weighted by Gasteiger charge is -2.12. The van der Waals surface area contributed by atoms with Gasteiger partial charge in [0.15, 0.2) is 6.10 Å². The summed E-state index contributed by atoms with van der Waals surface area (Å²) in [4.78, 5) is 23.3. The van der Waals surface area contributed by atoms with Crippen molar-refractivity contribution in [3.05, 3.63) is 33.8 Å². The summed E-state index contributed by atoms with van der Waals surface area (Å²) in [6.07, 6.45) is 1.65. The molecule has 120 valence electrons. The fourth-order valence-corrected chi connectivity index (χ4v) is 2.51. The maximum Gasteiger partial charge on any atom is 0.253 e. The maximum absolute atomic E-state index is 11.9. The second kappa shape index (κ2) is 7.81. The van der Waals surface area contributed by atoms with Gasteiger partial charge in [0, 0.05) is 29.1 Å². The van der Waals surface area contributed by atoms with Crippen molar-refractivity contribution in [3.63, 3.8) is 0 Å². The molecule has 2 rings (SSSR count). The van der Waals surface area contributed by atoms with Gasteiger partial charge in [-0.2, -0.15) is 0 Å². The molecular weight excluding hydrogens is 327 g/mol.